The summed E-state index contributed by atoms with van der Waals surface area (Å²) in [6, 6.07) is 8.64. The summed E-state index contributed by atoms with van der Waals surface area (Å²) in [5.41, 5.74) is 0.342. The Morgan fingerprint density at radius 3 is 2.75 bits per heavy atom. The summed E-state index contributed by atoms with van der Waals surface area (Å²) < 4.78 is 17.9. The number of hydrogen-bond donors (Lipinski definition) is 1. The minimum Gasteiger partial charge on any atom is -0.459 e. The first-order chi connectivity index (χ1) is 9.56. The van der Waals surface area contributed by atoms with E-state index in [9.17, 15) is 14.0 Å². The van der Waals surface area contributed by atoms with Crippen LogP contribution in [-0.2, 0) is 4.79 Å². The van der Waals surface area contributed by atoms with E-state index in [4.69, 9.17) is 4.42 Å². The van der Waals surface area contributed by atoms with Crippen molar-refractivity contribution in [3.63, 3.8) is 0 Å². The van der Waals surface area contributed by atoms with Gasteiger partial charge >= 0.3 is 0 Å². The highest BCUT2D eigenvalue weighted by molar-refractivity contribution is 5.97. The zero-order valence-corrected chi connectivity index (χ0v) is 10.8. The predicted octanol–water partition coefficient (Wildman–Crippen LogP) is 2.13. The molecule has 0 atom stereocenters. The molecule has 0 radical (unpaired) electrons. The average Bonchev–Trinajstić information content (AvgIpc) is 2.91. The Hall–Kier alpha value is -2.63. The molecular formula is C14H13FN2O3. The van der Waals surface area contributed by atoms with Gasteiger partial charge in [0.2, 0.25) is 5.91 Å². The van der Waals surface area contributed by atoms with Crippen LogP contribution < -0.4 is 5.32 Å². The van der Waals surface area contributed by atoms with Crippen molar-refractivity contribution in [2.75, 3.05) is 18.9 Å². The van der Waals surface area contributed by atoms with Crippen molar-refractivity contribution in [1.82, 2.24) is 4.90 Å². The number of nitrogens with zero attached hydrogens (tertiary/aromatic N) is 1. The maximum atomic E-state index is 13.0. The number of amides is 2. The molecule has 20 heavy (non-hydrogen) atoms. The van der Waals surface area contributed by atoms with Gasteiger partial charge in [-0.05, 0) is 30.3 Å². The van der Waals surface area contributed by atoms with Crippen LogP contribution >= 0.6 is 0 Å². The SMILES string of the molecule is CN(CC(=O)Nc1cccc(F)c1)C(=O)c1ccco1. The van der Waals surface area contributed by atoms with Gasteiger partial charge < -0.3 is 14.6 Å². The lowest BCUT2D eigenvalue weighted by Crippen LogP contribution is -2.34. The molecule has 0 fully saturated rings. The van der Waals surface area contributed by atoms with Gasteiger partial charge in [0.25, 0.3) is 5.91 Å². The quantitative estimate of drug-likeness (QED) is 0.930. The van der Waals surface area contributed by atoms with Crippen LogP contribution in [-0.4, -0.2) is 30.3 Å². The topological polar surface area (TPSA) is 62.6 Å². The summed E-state index contributed by atoms with van der Waals surface area (Å²) in [6.07, 6.45) is 1.38. The summed E-state index contributed by atoms with van der Waals surface area (Å²) in [5.74, 6) is -1.10. The van der Waals surface area contributed by atoms with E-state index in [1.807, 2.05) is 0 Å². The smallest absolute Gasteiger partial charge is 0.289 e. The molecule has 2 amide bonds. The second kappa shape index (κ2) is 6.01. The Morgan fingerprint density at radius 1 is 1.30 bits per heavy atom. The highest BCUT2D eigenvalue weighted by atomic mass is 19.1. The molecule has 6 heteroatoms. The van der Waals surface area contributed by atoms with Gasteiger partial charge in [0, 0.05) is 12.7 Å². The Morgan fingerprint density at radius 2 is 2.10 bits per heavy atom. The molecule has 0 saturated carbocycles. The third-order valence-corrected chi connectivity index (χ3v) is 2.57. The van der Waals surface area contributed by atoms with Crippen molar-refractivity contribution in [3.8, 4) is 0 Å². The largest absolute Gasteiger partial charge is 0.459 e. The second-order valence-corrected chi connectivity index (χ2v) is 4.20. The number of likely N-dealkylation sites (N-methyl/N-ethyl adjacent to an activating group) is 1. The highest BCUT2D eigenvalue weighted by Crippen LogP contribution is 2.09. The lowest BCUT2D eigenvalue weighted by Gasteiger charge is -2.15. The third-order valence-electron chi connectivity index (χ3n) is 2.57. The van der Waals surface area contributed by atoms with Crippen LogP contribution in [0.5, 0.6) is 0 Å². The predicted molar refractivity (Wildman–Crippen MR) is 70.7 cm³/mol. The number of nitrogens with one attached hydrogen (secondary N) is 1. The van der Waals surface area contributed by atoms with Crippen LogP contribution in [0.4, 0.5) is 10.1 Å². The molecular weight excluding hydrogens is 263 g/mol. The molecule has 1 heterocycles. The minimum atomic E-state index is -0.442. The second-order valence-electron chi connectivity index (χ2n) is 4.20. The zero-order valence-electron chi connectivity index (χ0n) is 10.8. The first kappa shape index (κ1) is 13.8. The van der Waals surface area contributed by atoms with E-state index < -0.39 is 17.6 Å². The van der Waals surface area contributed by atoms with Crippen LogP contribution in [0.1, 0.15) is 10.6 Å². The van der Waals surface area contributed by atoms with Crippen molar-refractivity contribution in [3.05, 3.63) is 54.2 Å². The lowest BCUT2D eigenvalue weighted by molar-refractivity contribution is -0.116. The number of carbonyl (C=O) groups excluding carboxylic acids is 2. The van der Waals surface area contributed by atoms with E-state index in [2.05, 4.69) is 5.32 Å². The zero-order chi connectivity index (χ0) is 14.5. The maximum absolute atomic E-state index is 13.0. The molecule has 1 aromatic carbocycles. The van der Waals surface area contributed by atoms with Gasteiger partial charge in [0.1, 0.15) is 5.82 Å². The first-order valence-electron chi connectivity index (χ1n) is 5.90. The van der Waals surface area contributed by atoms with Crippen LogP contribution in [0.2, 0.25) is 0 Å². The highest BCUT2D eigenvalue weighted by Gasteiger charge is 2.17. The molecule has 0 aliphatic heterocycles. The molecule has 0 bridgehead atoms. The molecule has 0 aliphatic carbocycles. The molecule has 104 valence electrons. The molecule has 0 unspecified atom stereocenters. The fraction of sp³-hybridized carbons (Fsp3) is 0.143. The number of rotatable bonds is 4. The van der Waals surface area contributed by atoms with Crippen LogP contribution in [0.3, 0.4) is 0 Å². The lowest BCUT2D eigenvalue weighted by atomic mass is 10.3. The molecule has 2 aromatic rings. The van der Waals surface area contributed by atoms with Crippen LogP contribution in [0.15, 0.2) is 47.1 Å². The Labute approximate surface area is 115 Å². The molecule has 1 aromatic heterocycles. The van der Waals surface area contributed by atoms with E-state index in [1.54, 1.807) is 12.1 Å². The number of hydrogen-bond acceptors (Lipinski definition) is 3. The number of furan rings is 1. The standard InChI is InChI=1S/C14H13FN2O3/c1-17(14(19)12-6-3-7-20-12)9-13(18)16-11-5-2-4-10(15)8-11/h2-8H,9H2,1H3,(H,16,18). The van der Waals surface area contributed by atoms with Gasteiger partial charge in [-0.2, -0.15) is 0 Å². The molecule has 5 nitrogen and oxygen atoms in total. The number of benzene rings is 1. The fourth-order valence-electron chi connectivity index (χ4n) is 1.64. The van der Waals surface area contributed by atoms with Crippen molar-refractivity contribution in [2.45, 2.75) is 0 Å². The summed E-state index contributed by atoms with van der Waals surface area (Å²) >= 11 is 0. The van der Waals surface area contributed by atoms with E-state index in [0.717, 1.165) is 0 Å². The number of carbonyl (C=O) groups is 2. The molecule has 1 N–H and O–H groups in total. The number of anilines is 1. The number of halogens is 1. The summed E-state index contributed by atoms with van der Waals surface area (Å²) in [5, 5.41) is 2.51. The van der Waals surface area contributed by atoms with E-state index >= 15 is 0 Å². The van der Waals surface area contributed by atoms with Gasteiger partial charge in [0.15, 0.2) is 5.76 Å². The van der Waals surface area contributed by atoms with Gasteiger partial charge in [-0.3, -0.25) is 9.59 Å². The van der Waals surface area contributed by atoms with Gasteiger partial charge in [-0.15, -0.1) is 0 Å². The van der Waals surface area contributed by atoms with Crippen molar-refractivity contribution in [2.24, 2.45) is 0 Å². The maximum Gasteiger partial charge on any atom is 0.289 e. The van der Waals surface area contributed by atoms with Crippen LogP contribution in [0.25, 0.3) is 0 Å². The molecule has 0 spiro atoms. The molecule has 0 saturated heterocycles. The summed E-state index contributed by atoms with van der Waals surface area (Å²) in [6.45, 7) is -0.157. The summed E-state index contributed by atoms with van der Waals surface area (Å²) in [7, 11) is 1.48. The minimum absolute atomic E-state index is 0.157. The van der Waals surface area contributed by atoms with E-state index in [1.165, 1.54) is 42.5 Å². The van der Waals surface area contributed by atoms with Crippen molar-refractivity contribution in [1.29, 1.82) is 0 Å². The van der Waals surface area contributed by atoms with Gasteiger partial charge in [-0.1, -0.05) is 6.07 Å². The Kier molecular flexibility index (Phi) is 4.14. The van der Waals surface area contributed by atoms with Gasteiger partial charge in [-0.25, -0.2) is 4.39 Å². The van der Waals surface area contributed by atoms with Crippen molar-refractivity contribution >= 4 is 17.5 Å². The van der Waals surface area contributed by atoms with E-state index in [0.29, 0.717) is 5.69 Å². The molecule has 0 aliphatic rings. The van der Waals surface area contributed by atoms with Gasteiger partial charge in [0.05, 0.1) is 12.8 Å². The average molecular weight is 276 g/mol. The summed E-state index contributed by atoms with van der Waals surface area (Å²) in [4.78, 5) is 24.8. The first-order valence-corrected chi connectivity index (χ1v) is 5.90. The third kappa shape index (κ3) is 3.44. The Bertz CT molecular complexity index is 611. The van der Waals surface area contributed by atoms with Crippen LogP contribution in [0, 0.1) is 5.82 Å². The Balaban J connectivity index is 1.93. The monoisotopic (exact) mass is 276 g/mol. The van der Waals surface area contributed by atoms with E-state index in [-0.39, 0.29) is 12.3 Å². The normalized spacial score (nSPS) is 10.1. The van der Waals surface area contributed by atoms with Crippen molar-refractivity contribution < 1.29 is 18.4 Å². The fourth-order valence-corrected chi connectivity index (χ4v) is 1.64. The molecule has 2 rings (SSSR count).